The van der Waals surface area contributed by atoms with E-state index < -0.39 is 11.9 Å². The maximum absolute atomic E-state index is 12.2. The van der Waals surface area contributed by atoms with Gasteiger partial charge in [-0.2, -0.15) is 0 Å². The topological polar surface area (TPSA) is 92.4 Å². The monoisotopic (exact) mass is 300 g/mol. The van der Waals surface area contributed by atoms with Crippen LogP contribution >= 0.6 is 0 Å². The van der Waals surface area contributed by atoms with Crippen molar-refractivity contribution >= 4 is 11.9 Å². The number of carbonyl (C=O) groups excluding carboxylic acids is 1. The van der Waals surface area contributed by atoms with E-state index in [0.717, 1.165) is 18.4 Å². The summed E-state index contributed by atoms with van der Waals surface area (Å²) in [6.07, 6.45) is 1.83. The lowest BCUT2D eigenvalue weighted by Gasteiger charge is -2.14. The Morgan fingerprint density at radius 1 is 1.32 bits per heavy atom. The number of rotatable bonds is 6. The number of amides is 1. The van der Waals surface area contributed by atoms with E-state index in [1.807, 2.05) is 30.3 Å². The van der Waals surface area contributed by atoms with Gasteiger partial charge in [0, 0.05) is 17.7 Å². The highest BCUT2D eigenvalue weighted by molar-refractivity contribution is 5.93. The number of aliphatic carboxylic acids is 1. The van der Waals surface area contributed by atoms with Crippen molar-refractivity contribution in [2.24, 2.45) is 5.92 Å². The number of hydrogen-bond donors (Lipinski definition) is 2. The first-order chi connectivity index (χ1) is 10.6. The minimum atomic E-state index is -0.915. The molecular formula is C16H16N2O4. The van der Waals surface area contributed by atoms with Crippen LogP contribution in [0.5, 0.6) is 0 Å². The standard InChI is InChI=1S/C16H16N2O4/c19-15(20)9-12(10-6-7-10)17-16(21)13-8-14(22-18-13)11-4-2-1-3-5-11/h1-5,8,10,12H,6-7,9H2,(H,17,21)(H,19,20)/t12-/m1/s1. The lowest BCUT2D eigenvalue weighted by atomic mass is 10.1. The first-order valence-electron chi connectivity index (χ1n) is 7.18. The van der Waals surface area contributed by atoms with Gasteiger partial charge in [-0.15, -0.1) is 0 Å². The molecule has 0 bridgehead atoms. The quantitative estimate of drug-likeness (QED) is 0.854. The number of carbonyl (C=O) groups is 2. The molecule has 6 heteroatoms. The molecule has 1 aliphatic rings. The number of aromatic nitrogens is 1. The molecule has 0 unspecified atom stereocenters. The second kappa shape index (κ2) is 6.01. The average molecular weight is 300 g/mol. The molecule has 1 fully saturated rings. The van der Waals surface area contributed by atoms with Gasteiger partial charge in [-0.25, -0.2) is 0 Å². The van der Waals surface area contributed by atoms with Crippen molar-refractivity contribution in [3.05, 3.63) is 42.1 Å². The van der Waals surface area contributed by atoms with Gasteiger partial charge in [0.15, 0.2) is 11.5 Å². The average Bonchev–Trinajstić information content (AvgIpc) is 3.23. The van der Waals surface area contributed by atoms with Crippen molar-refractivity contribution in [3.8, 4) is 11.3 Å². The lowest BCUT2D eigenvalue weighted by Crippen LogP contribution is -2.38. The number of benzene rings is 1. The molecule has 114 valence electrons. The summed E-state index contributed by atoms with van der Waals surface area (Å²) in [5.74, 6) is -0.557. The Hall–Kier alpha value is -2.63. The molecule has 1 aromatic carbocycles. The van der Waals surface area contributed by atoms with Gasteiger partial charge >= 0.3 is 5.97 Å². The van der Waals surface area contributed by atoms with Crippen LogP contribution in [0.3, 0.4) is 0 Å². The van der Waals surface area contributed by atoms with Crippen LogP contribution in [0.25, 0.3) is 11.3 Å². The van der Waals surface area contributed by atoms with E-state index in [1.54, 1.807) is 6.07 Å². The van der Waals surface area contributed by atoms with Crippen LogP contribution in [0.4, 0.5) is 0 Å². The molecule has 1 aromatic heterocycles. The molecule has 2 aromatic rings. The number of nitrogens with zero attached hydrogens (tertiary/aromatic N) is 1. The Morgan fingerprint density at radius 3 is 2.68 bits per heavy atom. The summed E-state index contributed by atoms with van der Waals surface area (Å²) in [6, 6.07) is 10.6. The van der Waals surface area contributed by atoms with Gasteiger partial charge in [0.1, 0.15) is 0 Å². The highest BCUT2D eigenvalue weighted by Gasteiger charge is 2.34. The maximum Gasteiger partial charge on any atom is 0.305 e. The van der Waals surface area contributed by atoms with E-state index in [-0.39, 0.29) is 24.1 Å². The van der Waals surface area contributed by atoms with Crippen molar-refractivity contribution < 1.29 is 19.2 Å². The molecular weight excluding hydrogens is 284 g/mol. The summed E-state index contributed by atoms with van der Waals surface area (Å²) in [5.41, 5.74) is 0.994. The molecule has 1 amide bonds. The highest BCUT2D eigenvalue weighted by Crippen LogP contribution is 2.34. The molecule has 3 rings (SSSR count). The van der Waals surface area contributed by atoms with E-state index in [4.69, 9.17) is 9.63 Å². The van der Waals surface area contributed by atoms with E-state index in [9.17, 15) is 9.59 Å². The molecule has 0 aliphatic heterocycles. The van der Waals surface area contributed by atoms with Gasteiger partial charge in [0.2, 0.25) is 0 Å². The number of nitrogens with one attached hydrogen (secondary N) is 1. The van der Waals surface area contributed by atoms with E-state index >= 15 is 0 Å². The van der Waals surface area contributed by atoms with Crippen LogP contribution in [-0.2, 0) is 4.79 Å². The summed E-state index contributed by atoms with van der Waals surface area (Å²) in [4.78, 5) is 23.1. The van der Waals surface area contributed by atoms with Crippen molar-refractivity contribution in [1.82, 2.24) is 10.5 Å². The Bertz CT molecular complexity index is 676. The van der Waals surface area contributed by atoms with Crippen LogP contribution in [0.2, 0.25) is 0 Å². The van der Waals surface area contributed by atoms with Gasteiger partial charge in [-0.3, -0.25) is 9.59 Å². The molecule has 1 aliphatic carbocycles. The van der Waals surface area contributed by atoms with Crippen LogP contribution < -0.4 is 5.32 Å². The molecule has 0 saturated heterocycles. The lowest BCUT2D eigenvalue weighted by molar-refractivity contribution is -0.137. The zero-order valence-electron chi connectivity index (χ0n) is 11.9. The number of carboxylic acid groups (broad SMARTS) is 1. The molecule has 0 spiro atoms. The first kappa shape index (κ1) is 14.3. The molecule has 6 nitrogen and oxygen atoms in total. The van der Waals surface area contributed by atoms with Crippen molar-refractivity contribution in [2.45, 2.75) is 25.3 Å². The first-order valence-corrected chi connectivity index (χ1v) is 7.18. The Balaban J connectivity index is 1.70. The van der Waals surface area contributed by atoms with E-state index in [2.05, 4.69) is 10.5 Å². The van der Waals surface area contributed by atoms with Gasteiger partial charge in [-0.05, 0) is 18.8 Å². The molecule has 0 radical (unpaired) electrons. The van der Waals surface area contributed by atoms with Crippen LogP contribution in [0.15, 0.2) is 40.9 Å². The summed E-state index contributed by atoms with van der Waals surface area (Å²) in [5, 5.41) is 15.4. The highest BCUT2D eigenvalue weighted by atomic mass is 16.5. The van der Waals surface area contributed by atoms with Crippen LogP contribution in [-0.4, -0.2) is 28.2 Å². The SMILES string of the molecule is O=C(O)C[C@@H](NC(=O)c1cc(-c2ccccc2)on1)C1CC1. The second-order valence-electron chi connectivity index (χ2n) is 5.46. The molecule has 1 saturated carbocycles. The van der Waals surface area contributed by atoms with E-state index in [0.29, 0.717) is 5.76 Å². The predicted molar refractivity (Wildman–Crippen MR) is 78.2 cm³/mol. The van der Waals surface area contributed by atoms with Gasteiger partial charge in [0.05, 0.1) is 6.42 Å². The van der Waals surface area contributed by atoms with Crippen LogP contribution in [0.1, 0.15) is 29.8 Å². The normalized spacial score (nSPS) is 15.3. The van der Waals surface area contributed by atoms with E-state index in [1.165, 1.54) is 0 Å². The molecule has 2 N–H and O–H groups in total. The van der Waals surface area contributed by atoms with Crippen molar-refractivity contribution in [2.75, 3.05) is 0 Å². The fraction of sp³-hybridized carbons (Fsp3) is 0.312. The third-order valence-corrected chi connectivity index (χ3v) is 3.70. The molecule has 1 heterocycles. The van der Waals surface area contributed by atoms with Gasteiger partial charge < -0.3 is 14.9 Å². The minimum absolute atomic E-state index is 0.0696. The third-order valence-electron chi connectivity index (χ3n) is 3.70. The molecule has 1 atom stereocenters. The summed E-state index contributed by atoms with van der Waals surface area (Å²) in [6.45, 7) is 0. The Morgan fingerprint density at radius 2 is 2.05 bits per heavy atom. The summed E-state index contributed by atoms with van der Waals surface area (Å²) < 4.78 is 5.18. The predicted octanol–water partition coefficient (Wildman–Crippen LogP) is 2.32. The van der Waals surface area contributed by atoms with Gasteiger partial charge in [-0.1, -0.05) is 35.5 Å². The summed E-state index contributed by atoms with van der Waals surface area (Å²) in [7, 11) is 0. The van der Waals surface area contributed by atoms with Crippen LogP contribution in [0, 0.1) is 5.92 Å². The minimum Gasteiger partial charge on any atom is -0.481 e. The zero-order valence-corrected chi connectivity index (χ0v) is 11.9. The fourth-order valence-corrected chi connectivity index (χ4v) is 2.39. The summed E-state index contributed by atoms with van der Waals surface area (Å²) >= 11 is 0. The third kappa shape index (κ3) is 3.33. The second-order valence-corrected chi connectivity index (χ2v) is 5.46. The Kier molecular flexibility index (Phi) is 3.91. The number of carboxylic acids is 1. The molecule has 22 heavy (non-hydrogen) atoms. The largest absolute Gasteiger partial charge is 0.481 e. The fourth-order valence-electron chi connectivity index (χ4n) is 2.39. The van der Waals surface area contributed by atoms with Crippen molar-refractivity contribution in [3.63, 3.8) is 0 Å². The number of hydrogen-bond acceptors (Lipinski definition) is 4. The smallest absolute Gasteiger partial charge is 0.305 e. The van der Waals surface area contributed by atoms with Crippen molar-refractivity contribution in [1.29, 1.82) is 0 Å². The maximum atomic E-state index is 12.2. The zero-order chi connectivity index (χ0) is 15.5. The van der Waals surface area contributed by atoms with Gasteiger partial charge in [0.25, 0.3) is 5.91 Å². The Labute approximate surface area is 127 Å².